The lowest BCUT2D eigenvalue weighted by Gasteiger charge is -2.34. The SMILES string of the molecule is CN=C(NCCCOc1ccccc1C)NC1CCN(C(=O)C(C)C)CC1.I. The maximum absolute atomic E-state index is 12.1. The fourth-order valence-corrected chi connectivity index (χ4v) is 3.18. The molecule has 0 unspecified atom stereocenters. The molecule has 1 aliphatic heterocycles. The highest BCUT2D eigenvalue weighted by molar-refractivity contribution is 14.0. The number of hydrogen-bond donors (Lipinski definition) is 2. The van der Waals surface area contributed by atoms with E-state index in [1.165, 1.54) is 0 Å². The van der Waals surface area contributed by atoms with Crippen molar-refractivity contribution in [3.8, 4) is 5.75 Å². The average molecular weight is 502 g/mol. The first-order valence-corrected chi connectivity index (χ1v) is 9.95. The van der Waals surface area contributed by atoms with Gasteiger partial charge in [0.05, 0.1) is 6.61 Å². The molecule has 1 aromatic rings. The van der Waals surface area contributed by atoms with Crippen molar-refractivity contribution in [2.45, 2.75) is 46.1 Å². The number of nitrogens with zero attached hydrogens (tertiary/aromatic N) is 2. The Morgan fingerprint density at radius 2 is 1.96 bits per heavy atom. The molecule has 1 aromatic carbocycles. The van der Waals surface area contributed by atoms with E-state index < -0.39 is 0 Å². The Morgan fingerprint density at radius 1 is 1.29 bits per heavy atom. The summed E-state index contributed by atoms with van der Waals surface area (Å²) in [4.78, 5) is 18.3. The fraction of sp³-hybridized carbons (Fsp3) is 0.619. The number of amides is 1. The summed E-state index contributed by atoms with van der Waals surface area (Å²) in [5, 5.41) is 6.82. The second-order valence-electron chi connectivity index (χ2n) is 7.37. The van der Waals surface area contributed by atoms with Gasteiger partial charge in [-0.1, -0.05) is 32.0 Å². The number of benzene rings is 1. The molecule has 0 saturated carbocycles. The Balaban J connectivity index is 0.00000392. The third-order valence-corrected chi connectivity index (χ3v) is 4.83. The lowest BCUT2D eigenvalue weighted by molar-refractivity contribution is -0.135. The number of piperidine rings is 1. The minimum Gasteiger partial charge on any atom is -0.493 e. The number of likely N-dealkylation sites (tertiary alicyclic amines) is 1. The van der Waals surface area contributed by atoms with Crippen molar-refractivity contribution in [3.63, 3.8) is 0 Å². The Kier molecular flexibility index (Phi) is 11.3. The summed E-state index contributed by atoms with van der Waals surface area (Å²) in [5.74, 6) is 2.10. The van der Waals surface area contributed by atoms with E-state index in [0.717, 1.165) is 56.2 Å². The van der Waals surface area contributed by atoms with E-state index in [-0.39, 0.29) is 35.8 Å². The number of aryl methyl sites for hydroxylation is 1. The first-order valence-electron chi connectivity index (χ1n) is 9.95. The Morgan fingerprint density at radius 3 is 2.57 bits per heavy atom. The molecule has 7 heteroatoms. The van der Waals surface area contributed by atoms with Crippen LogP contribution in [0.4, 0.5) is 0 Å². The summed E-state index contributed by atoms with van der Waals surface area (Å²) in [6, 6.07) is 8.42. The molecular weight excluding hydrogens is 467 g/mol. The predicted molar refractivity (Wildman–Crippen MR) is 126 cm³/mol. The van der Waals surface area contributed by atoms with Crippen LogP contribution in [0.1, 0.15) is 38.7 Å². The summed E-state index contributed by atoms with van der Waals surface area (Å²) < 4.78 is 5.82. The minimum atomic E-state index is 0. The number of carbonyl (C=O) groups is 1. The van der Waals surface area contributed by atoms with Gasteiger partial charge in [-0.2, -0.15) is 0 Å². The van der Waals surface area contributed by atoms with Crippen LogP contribution in [0.15, 0.2) is 29.3 Å². The highest BCUT2D eigenvalue weighted by Gasteiger charge is 2.24. The van der Waals surface area contributed by atoms with Gasteiger partial charge in [0.2, 0.25) is 5.91 Å². The topological polar surface area (TPSA) is 66.0 Å². The van der Waals surface area contributed by atoms with Crippen molar-refractivity contribution in [3.05, 3.63) is 29.8 Å². The molecule has 1 saturated heterocycles. The van der Waals surface area contributed by atoms with Gasteiger partial charge in [0.25, 0.3) is 0 Å². The average Bonchev–Trinajstić information content (AvgIpc) is 2.68. The molecule has 6 nitrogen and oxygen atoms in total. The van der Waals surface area contributed by atoms with Crippen molar-refractivity contribution in [1.82, 2.24) is 15.5 Å². The molecule has 0 aromatic heterocycles. The second-order valence-corrected chi connectivity index (χ2v) is 7.37. The zero-order valence-corrected chi connectivity index (χ0v) is 19.9. The number of nitrogens with one attached hydrogen (secondary N) is 2. The van der Waals surface area contributed by atoms with Crippen LogP contribution in [0.5, 0.6) is 5.75 Å². The molecule has 0 spiro atoms. The molecule has 158 valence electrons. The van der Waals surface area contributed by atoms with Crippen LogP contribution in [0.2, 0.25) is 0 Å². The molecule has 2 N–H and O–H groups in total. The Hall–Kier alpha value is -1.51. The normalized spacial score (nSPS) is 15.2. The van der Waals surface area contributed by atoms with Gasteiger partial charge in [0, 0.05) is 38.6 Å². The molecule has 28 heavy (non-hydrogen) atoms. The molecule has 0 aliphatic carbocycles. The maximum atomic E-state index is 12.1. The Bertz CT molecular complexity index is 629. The van der Waals surface area contributed by atoms with Gasteiger partial charge < -0.3 is 20.3 Å². The first-order chi connectivity index (χ1) is 13.0. The molecule has 2 rings (SSSR count). The quantitative estimate of drug-likeness (QED) is 0.260. The van der Waals surface area contributed by atoms with E-state index in [1.807, 2.05) is 36.9 Å². The zero-order valence-electron chi connectivity index (χ0n) is 17.5. The summed E-state index contributed by atoms with van der Waals surface area (Å²) in [6.45, 7) is 9.08. The zero-order chi connectivity index (χ0) is 19.6. The lowest BCUT2D eigenvalue weighted by atomic mass is 10.0. The number of para-hydroxylation sites is 1. The fourth-order valence-electron chi connectivity index (χ4n) is 3.18. The third-order valence-electron chi connectivity index (χ3n) is 4.83. The van der Waals surface area contributed by atoms with Crippen molar-refractivity contribution < 1.29 is 9.53 Å². The Labute approximate surface area is 186 Å². The number of guanidine groups is 1. The summed E-state index contributed by atoms with van der Waals surface area (Å²) in [6.07, 6.45) is 2.81. The van der Waals surface area contributed by atoms with Gasteiger partial charge in [-0.3, -0.25) is 9.79 Å². The van der Waals surface area contributed by atoms with E-state index >= 15 is 0 Å². The molecule has 0 bridgehead atoms. The van der Waals surface area contributed by atoms with Crippen LogP contribution in [-0.4, -0.2) is 56.1 Å². The molecule has 1 fully saturated rings. The summed E-state index contributed by atoms with van der Waals surface area (Å²) >= 11 is 0. The van der Waals surface area contributed by atoms with Crippen LogP contribution in [0.3, 0.4) is 0 Å². The van der Waals surface area contributed by atoms with E-state index in [2.05, 4.69) is 28.6 Å². The lowest BCUT2D eigenvalue weighted by Crippen LogP contribution is -2.50. The van der Waals surface area contributed by atoms with Gasteiger partial charge in [-0.25, -0.2) is 0 Å². The van der Waals surface area contributed by atoms with E-state index in [9.17, 15) is 4.79 Å². The van der Waals surface area contributed by atoms with Crippen LogP contribution in [0.25, 0.3) is 0 Å². The van der Waals surface area contributed by atoms with Crippen molar-refractivity contribution in [1.29, 1.82) is 0 Å². The number of ether oxygens (including phenoxy) is 1. The van der Waals surface area contributed by atoms with Crippen LogP contribution in [0, 0.1) is 12.8 Å². The number of halogens is 1. The van der Waals surface area contributed by atoms with Crippen molar-refractivity contribution >= 4 is 35.8 Å². The largest absolute Gasteiger partial charge is 0.493 e. The predicted octanol–water partition coefficient (Wildman–Crippen LogP) is 3.19. The third kappa shape index (κ3) is 7.85. The van der Waals surface area contributed by atoms with Crippen LogP contribution in [-0.2, 0) is 4.79 Å². The molecule has 0 radical (unpaired) electrons. The highest BCUT2D eigenvalue weighted by Crippen LogP contribution is 2.16. The van der Waals surface area contributed by atoms with Crippen LogP contribution < -0.4 is 15.4 Å². The highest BCUT2D eigenvalue weighted by atomic mass is 127. The number of carbonyl (C=O) groups excluding carboxylic acids is 1. The monoisotopic (exact) mass is 502 g/mol. The molecule has 1 aliphatic rings. The molecule has 1 amide bonds. The van der Waals surface area contributed by atoms with Gasteiger partial charge in [0.1, 0.15) is 5.75 Å². The van der Waals surface area contributed by atoms with E-state index in [0.29, 0.717) is 12.6 Å². The van der Waals surface area contributed by atoms with Gasteiger partial charge in [-0.15, -0.1) is 24.0 Å². The van der Waals surface area contributed by atoms with Gasteiger partial charge >= 0.3 is 0 Å². The van der Waals surface area contributed by atoms with E-state index in [4.69, 9.17) is 4.74 Å². The number of rotatable bonds is 7. The molecule has 1 heterocycles. The standard InChI is InChI=1S/C21H34N4O2.HI/c1-16(2)20(26)25-13-10-18(11-14-25)24-21(22-4)23-12-7-15-27-19-9-6-5-8-17(19)3;/h5-6,8-9,16,18H,7,10-15H2,1-4H3,(H2,22,23,24);1H. The first kappa shape index (κ1) is 24.5. The van der Waals surface area contributed by atoms with Crippen LogP contribution >= 0.6 is 24.0 Å². The van der Waals surface area contributed by atoms with Crippen molar-refractivity contribution in [2.24, 2.45) is 10.9 Å². The molecular formula is C21H35IN4O2. The smallest absolute Gasteiger partial charge is 0.225 e. The van der Waals surface area contributed by atoms with Gasteiger partial charge in [0.15, 0.2) is 5.96 Å². The van der Waals surface area contributed by atoms with Gasteiger partial charge in [-0.05, 0) is 37.8 Å². The number of aliphatic imine (C=N–C) groups is 1. The van der Waals surface area contributed by atoms with Crippen molar-refractivity contribution in [2.75, 3.05) is 33.3 Å². The molecule has 0 atom stereocenters. The number of hydrogen-bond acceptors (Lipinski definition) is 3. The summed E-state index contributed by atoms with van der Waals surface area (Å²) in [5.41, 5.74) is 1.16. The summed E-state index contributed by atoms with van der Waals surface area (Å²) in [7, 11) is 1.79. The minimum absolute atomic E-state index is 0. The van der Waals surface area contributed by atoms with E-state index in [1.54, 1.807) is 7.05 Å². The maximum Gasteiger partial charge on any atom is 0.225 e. The second kappa shape index (κ2) is 12.9.